The van der Waals surface area contributed by atoms with Crippen molar-refractivity contribution >= 4 is 11.3 Å². The smallest absolute Gasteiger partial charge is 0.122 e. The van der Waals surface area contributed by atoms with Crippen LogP contribution in [0.5, 0.6) is 0 Å². The summed E-state index contributed by atoms with van der Waals surface area (Å²) in [6.07, 6.45) is 3.56. The summed E-state index contributed by atoms with van der Waals surface area (Å²) >= 11 is 1.62. The van der Waals surface area contributed by atoms with E-state index in [2.05, 4.69) is 15.3 Å². The van der Waals surface area contributed by atoms with Crippen LogP contribution in [0, 0.1) is 0 Å². The van der Waals surface area contributed by atoms with Gasteiger partial charge in [0.2, 0.25) is 0 Å². The Kier molecular flexibility index (Phi) is 3.63. The van der Waals surface area contributed by atoms with Gasteiger partial charge in [-0.15, -0.1) is 16.4 Å². The predicted molar refractivity (Wildman–Crippen MR) is 61.3 cm³/mol. The van der Waals surface area contributed by atoms with Crippen molar-refractivity contribution in [1.82, 2.24) is 20.0 Å². The van der Waals surface area contributed by atoms with Gasteiger partial charge in [0.25, 0.3) is 0 Å². The van der Waals surface area contributed by atoms with Crippen molar-refractivity contribution in [2.45, 2.75) is 26.5 Å². The van der Waals surface area contributed by atoms with Gasteiger partial charge in [-0.05, 0) is 13.8 Å². The molecule has 0 aliphatic rings. The maximum absolute atomic E-state index is 5.49. The van der Waals surface area contributed by atoms with Crippen LogP contribution < -0.4 is 0 Å². The van der Waals surface area contributed by atoms with Crippen LogP contribution in [-0.4, -0.2) is 26.6 Å². The second-order valence-electron chi connectivity index (χ2n) is 3.38. The number of rotatable bonds is 5. The Bertz CT molecular complexity index is 426. The largest absolute Gasteiger partial charge is 0.372 e. The van der Waals surface area contributed by atoms with Crippen molar-refractivity contribution in [3.05, 3.63) is 28.5 Å². The molecule has 0 aliphatic heterocycles. The van der Waals surface area contributed by atoms with E-state index in [1.54, 1.807) is 22.2 Å². The minimum absolute atomic E-state index is 0.0690. The van der Waals surface area contributed by atoms with E-state index >= 15 is 0 Å². The predicted octanol–water partition coefficient (Wildman–Crippen LogP) is 1.88. The van der Waals surface area contributed by atoms with E-state index in [9.17, 15) is 0 Å². The van der Waals surface area contributed by atoms with Crippen LogP contribution in [0.3, 0.4) is 0 Å². The Morgan fingerprint density at radius 1 is 1.56 bits per heavy atom. The number of hydrogen-bond donors (Lipinski definition) is 0. The molecule has 2 aromatic heterocycles. The second kappa shape index (κ2) is 5.18. The highest BCUT2D eigenvalue weighted by Gasteiger charge is 2.10. The van der Waals surface area contributed by atoms with Crippen molar-refractivity contribution < 1.29 is 4.74 Å². The van der Waals surface area contributed by atoms with E-state index in [1.165, 1.54) is 0 Å². The number of hydrogen-bond acceptors (Lipinski definition) is 5. The van der Waals surface area contributed by atoms with Crippen LogP contribution in [-0.2, 0) is 11.3 Å². The molecule has 0 aliphatic carbocycles. The Labute approximate surface area is 98.1 Å². The molecule has 0 fully saturated rings. The summed E-state index contributed by atoms with van der Waals surface area (Å²) in [6, 6.07) is 0. The molecule has 1 unspecified atom stereocenters. The monoisotopic (exact) mass is 238 g/mol. The van der Waals surface area contributed by atoms with E-state index < -0.39 is 0 Å². The molecule has 0 radical (unpaired) electrons. The first kappa shape index (κ1) is 11.2. The van der Waals surface area contributed by atoms with Gasteiger partial charge >= 0.3 is 0 Å². The van der Waals surface area contributed by atoms with Crippen LogP contribution in [0.1, 0.15) is 30.7 Å². The Morgan fingerprint density at radius 3 is 3.12 bits per heavy atom. The van der Waals surface area contributed by atoms with Gasteiger partial charge in [-0.25, -0.2) is 9.67 Å². The fraction of sp³-hybridized carbons (Fsp3) is 0.500. The molecule has 0 saturated heterocycles. The second-order valence-corrected chi connectivity index (χ2v) is 4.26. The van der Waals surface area contributed by atoms with Crippen molar-refractivity contribution in [1.29, 1.82) is 0 Å². The lowest BCUT2D eigenvalue weighted by Crippen LogP contribution is -2.03. The molecule has 2 heterocycles. The van der Waals surface area contributed by atoms with E-state index in [4.69, 9.17) is 4.74 Å². The molecular weight excluding hydrogens is 224 g/mol. The zero-order valence-corrected chi connectivity index (χ0v) is 10.1. The maximum atomic E-state index is 5.49. The van der Waals surface area contributed by atoms with Crippen molar-refractivity contribution in [2.24, 2.45) is 0 Å². The molecule has 0 amide bonds. The topological polar surface area (TPSA) is 52.8 Å². The molecule has 2 aromatic rings. The summed E-state index contributed by atoms with van der Waals surface area (Å²) < 4.78 is 7.24. The molecule has 2 rings (SSSR count). The van der Waals surface area contributed by atoms with E-state index in [-0.39, 0.29) is 6.10 Å². The first-order chi connectivity index (χ1) is 7.79. The first-order valence-electron chi connectivity index (χ1n) is 5.19. The van der Waals surface area contributed by atoms with Crippen LogP contribution >= 0.6 is 11.3 Å². The maximum Gasteiger partial charge on any atom is 0.122 e. The summed E-state index contributed by atoms with van der Waals surface area (Å²) in [7, 11) is 0. The third kappa shape index (κ3) is 2.65. The van der Waals surface area contributed by atoms with Crippen LogP contribution in [0.4, 0.5) is 0 Å². The molecule has 1 atom stereocenters. The third-order valence-electron chi connectivity index (χ3n) is 2.13. The van der Waals surface area contributed by atoms with Crippen LogP contribution in [0.25, 0.3) is 0 Å². The summed E-state index contributed by atoms with van der Waals surface area (Å²) in [5.74, 6) is 0. The van der Waals surface area contributed by atoms with Gasteiger partial charge in [-0.1, -0.05) is 5.21 Å². The van der Waals surface area contributed by atoms with Gasteiger partial charge < -0.3 is 4.74 Å². The van der Waals surface area contributed by atoms with Gasteiger partial charge in [0.1, 0.15) is 11.1 Å². The molecule has 0 N–H and O–H groups in total. The summed E-state index contributed by atoms with van der Waals surface area (Å²) in [5, 5.41) is 10.7. The highest BCUT2D eigenvalue weighted by atomic mass is 32.1. The van der Waals surface area contributed by atoms with Gasteiger partial charge in [0.05, 0.1) is 18.4 Å². The van der Waals surface area contributed by atoms with Gasteiger partial charge in [-0.2, -0.15) is 0 Å². The lowest BCUT2D eigenvalue weighted by molar-refractivity contribution is 0.0761. The molecule has 86 valence electrons. The van der Waals surface area contributed by atoms with E-state index in [0.717, 1.165) is 10.7 Å². The average Bonchev–Trinajstić information content (AvgIpc) is 2.90. The Balaban J connectivity index is 2.02. The normalized spacial score (nSPS) is 12.9. The molecule has 6 heteroatoms. The molecule has 0 spiro atoms. The summed E-state index contributed by atoms with van der Waals surface area (Å²) in [4.78, 5) is 4.51. The number of nitrogens with zero attached hydrogens (tertiary/aromatic N) is 4. The summed E-state index contributed by atoms with van der Waals surface area (Å²) in [6.45, 7) is 5.37. The minimum atomic E-state index is 0.0690. The lowest BCUT2D eigenvalue weighted by atomic mass is 10.4. The molecule has 16 heavy (non-hydrogen) atoms. The third-order valence-corrected chi connectivity index (χ3v) is 3.18. The van der Waals surface area contributed by atoms with Crippen LogP contribution in [0.15, 0.2) is 17.8 Å². The fourth-order valence-electron chi connectivity index (χ4n) is 1.39. The van der Waals surface area contributed by atoms with Gasteiger partial charge in [0, 0.05) is 18.2 Å². The quantitative estimate of drug-likeness (QED) is 0.798. The number of ether oxygens (including phenoxy) is 1. The van der Waals surface area contributed by atoms with Crippen molar-refractivity contribution in [3.8, 4) is 0 Å². The number of thiazole rings is 1. The minimum Gasteiger partial charge on any atom is -0.372 e. The molecule has 0 bridgehead atoms. The zero-order valence-electron chi connectivity index (χ0n) is 9.33. The first-order valence-corrected chi connectivity index (χ1v) is 6.07. The van der Waals surface area contributed by atoms with Crippen molar-refractivity contribution in [3.63, 3.8) is 0 Å². The van der Waals surface area contributed by atoms with Crippen molar-refractivity contribution in [2.75, 3.05) is 6.61 Å². The standard InChI is InChI=1S/C10H14N4OS/c1-3-15-8(2)10-12-9(7-16-10)6-14-5-4-11-13-14/h4-5,7-8H,3,6H2,1-2H3. The highest BCUT2D eigenvalue weighted by molar-refractivity contribution is 7.09. The summed E-state index contributed by atoms with van der Waals surface area (Å²) in [5.41, 5.74) is 0.997. The molecule has 0 saturated carbocycles. The average molecular weight is 238 g/mol. The van der Waals surface area contributed by atoms with E-state index in [1.807, 2.05) is 25.4 Å². The molecule has 5 nitrogen and oxygen atoms in total. The van der Waals surface area contributed by atoms with E-state index in [0.29, 0.717) is 13.2 Å². The zero-order chi connectivity index (χ0) is 11.4. The Morgan fingerprint density at radius 2 is 2.44 bits per heavy atom. The highest BCUT2D eigenvalue weighted by Crippen LogP contribution is 2.21. The number of aromatic nitrogens is 4. The molecule has 0 aromatic carbocycles. The molecular formula is C10H14N4OS. The SMILES string of the molecule is CCOC(C)c1nc(Cn2ccnn2)cs1. The van der Waals surface area contributed by atoms with Gasteiger partial charge in [-0.3, -0.25) is 0 Å². The fourth-order valence-corrected chi connectivity index (χ4v) is 2.20. The van der Waals surface area contributed by atoms with Gasteiger partial charge in [0.15, 0.2) is 0 Å². The Hall–Kier alpha value is -1.27. The lowest BCUT2D eigenvalue weighted by Gasteiger charge is -2.06. The van der Waals surface area contributed by atoms with Crippen LogP contribution in [0.2, 0.25) is 0 Å².